The smallest absolute Gasteiger partial charge is 0.320 e. The molecule has 0 saturated heterocycles. The lowest BCUT2D eigenvalue weighted by molar-refractivity contribution is -0.140. The number of carbonyl (C=O) groups is 2. The lowest BCUT2D eigenvalue weighted by atomic mass is 10.0. The maximum atomic E-state index is 13.6. The second-order valence-electron chi connectivity index (χ2n) is 7.96. The Morgan fingerprint density at radius 2 is 1.73 bits per heavy atom. The quantitative estimate of drug-likeness (QED) is 0.470. The number of hydrogen-bond donors (Lipinski definition) is 2. The molecule has 2 N–H and O–H groups in total. The minimum absolute atomic E-state index is 0.0573. The number of nitrogens with one attached hydrogen (secondary N) is 1. The zero-order valence-corrected chi connectivity index (χ0v) is 19.6. The van der Waals surface area contributed by atoms with Crippen molar-refractivity contribution < 1.29 is 19.4 Å². The van der Waals surface area contributed by atoms with Crippen LogP contribution in [-0.2, 0) is 22.6 Å². The summed E-state index contributed by atoms with van der Waals surface area (Å²) in [5, 5.41) is 12.9. The number of hydrogen-bond acceptors (Lipinski definition) is 4. The van der Waals surface area contributed by atoms with Crippen molar-refractivity contribution in [2.45, 2.75) is 31.5 Å². The van der Waals surface area contributed by atoms with E-state index < -0.39 is 18.1 Å². The summed E-state index contributed by atoms with van der Waals surface area (Å²) in [4.78, 5) is 27.2. The van der Waals surface area contributed by atoms with Crippen LogP contribution in [0.3, 0.4) is 0 Å². The van der Waals surface area contributed by atoms with Crippen molar-refractivity contribution in [3.05, 3.63) is 94.5 Å². The van der Waals surface area contributed by atoms with E-state index in [2.05, 4.69) is 21.2 Å². The van der Waals surface area contributed by atoms with E-state index in [0.29, 0.717) is 30.8 Å². The van der Waals surface area contributed by atoms with Gasteiger partial charge in [-0.3, -0.25) is 14.9 Å². The van der Waals surface area contributed by atoms with Crippen molar-refractivity contribution in [2.24, 2.45) is 0 Å². The van der Waals surface area contributed by atoms with Gasteiger partial charge in [0.1, 0.15) is 24.4 Å². The molecule has 0 radical (unpaired) electrons. The summed E-state index contributed by atoms with van der Waals surface area (Å²) < 4.78 is 6.89. The molecule has 0 fully saturated rings. The molecule has 1 heterocycles. The predicted octanol–water partition coefficient (Wildman–Crippen LogP) is 4.42. The van der Waals surface area contributed by atoms with Gasteiger partial charge in [0.05, 0.1) is 12.2 Å². The van der Waals surface area contributed by atoms with E-state index in [-0.39, 0.29) is 12.5 Å². The number of carboxylic acids is 1. The lowest BCUT2D eigenvalue weighted by Crippen LogP contribution is -2.53. The maximum absolute atomic E-state index is 13.6. The summed E-state index contributed by atoms with van der Waals surface area (Å²) in [5.74, 6) is -0.600. The van der Waals surface area contributed by atoms with Crippen LogP contribution in [0.2, 0.25) is 0 Å². The first-order valence-electron chi connectivity index (χ1n) is 10.8. The van der Waals surface area contributed by atoms with Crippen LogP contribution in [0.15, 0.2) is 83.3 Å². The second-order valence-corrected chi connectivity index (χ2v) is 8.88. The van der Waals surface area contributed by atoms with E-state index in [1.54, 1.807) is 4.90 Å². The van der Waals surface area contributed by atoms with E-state index in [1.807, 2.05) is 78.9 Å². The van der Waals surface area contributed by atoms with Crippen LogP contribution in [-0.4, -0.2) is 35.7 Å². The number of nitrogens with zero attached hydrogens (tertiary/aromatic N) is 1. The molecule has 7 heteroatoms. The van der Waals surface area contributed by atoms with Crippen molar-refractivity contribution >= 4 is 33.5 Å². The molecule has 0 saturated carbocycles. The third kappa shape index (κ3) is 5.80. The Bertz CT molecular complexity index is 1100. The average Bonchev–Trinajstić information content (AvgIpc) is 2.95. The molecule has 3 aromatic carbocycles. The highest BCUT2D eigenvalue weighted by Crippen LogP contribution is 2.32. The molecule has 3 aromatic rings. The number of fused-ring (bicyclic) bond motifs is 1. The molecule has 1 aliphatic rings. The fraction of sp³-hybridized carbons (Fsp3) is 0.231. The van der Waals surface area contributed by atoms with Crippen molar-refractivity contribution in [1.29, 1.82) is 0 Å². The summed E-state index contributed by atoms with van der Waals surface area (Å²) in [7, 11) is 0. The number of rotatable bonds is 8. The number of halogens is 1. The summed E-state index contributed by atoms with van der Waals surface area (Å²) in [5.41, 5.74) is 2.69. The van der Waals surface area contributed by atoms with Crippen molar-refractivity contribution in [3.8, 4) is 5.75 Å². The van der Waals surface area contributed by atoms with Crippen LogP contribution in [0.1, 0.15) is 17.5 Å². The number of aryl methyl sites for hydroxylation is 1. The zero-order valence-electron chi connectivity index (χ0n) is 18.0. The number of amides is 1. The number of ether oxygens (including phenoxy) is 1. The first-order chi connectivity index (χ1) is 16.0. The SMILES string of the molecule is O=C(O)[C@H](CCc1ccccc1)N[C@H]1COc2ccccc2N(Cc2ccc(Br)cc2)C1=O. The van der Waals surface area contributed by atoms with E-state index in [9.17, 15) is 14.7 Å². The van der Waals surface area contributed by atoms with Gasteiger partial charge in [-0.25, -0.2) is 0 Å². The molecule has 4 rings (SSSR count). The minimum atomic E-state index is -0.986. The fourth-order valence-corrected chi connectivity index (χ4v) is 4.15. The summed E-state index contributed by atoms with van der Waals surface area (Å²) in [6, 6.07) is 23.2. The Labute approximate surface area is 201 Å². The van der Waals surface area contributed by atoms with Crippen molar-refractivity contribution in [3.63, 3.8) is 0 Å². The zero-order chi connectivity index (χ0) is 23.2. The first kappa shape index (κ1) is 23.0. The summed E-state index contributed by atoms with van der Waals surface area (Å²) in [6.07, 6.45) is 0.957. The standard InChI is InChI=1S/C26H25BrN2O4/c27-20-13-10-19(11-14-20)16-29-23-8-4-5-9-24(23)33-17-22(25(29)30)28-21(26(31)32)15-12-18-6-2-1-3-7-18/h1-11,13-14,21-22,28H,12,15-17H2,(H,31,32)/t21-,22-/m0/s1. The van der Waals surface area contributed by atoms with Crippen LogP contribution < -0.4 is 15.0 Å². The molecule has 1 amide bonds. The molecule has 1 aliphatic heterocycles. The van der Waals surface area contributed by atoms with Gasteiger partial charge in [-0.2, -0.15) is 0 Å². The summed E-state index contributed by atoms with van der Waals surface area (Å²) >= 11 is 3.44. The van der Waals surface area contributed by atoms with Crippen LogP contribution >= 0.6 is 15.9 Å². The van der Waals surface area contributed by atoms with Gasteiger partial charge < -0.3 is 14.7 Å². The van der Waals surface area contributed by atoms with Crippen LogP contribution in [0.25, 0.3) is 0 Å². The number of carboxylic acid groups (broad SMARTS) is 1. The number of aliphatic carboxylic acids is 1. The van der Waals surface area contributed by atoms with Gasteiger partial charge in [0, 0.05) is 4.47 Å². The minimum Gasteiger partial charge on any atom is -0.489 e. The first-order valence-corrected chi connectivity index (χ1v) is 11.6. The van der Waals surface area contributed by atoms with Crippen LogP contribution in [0.5, 0.6) is 5.75 Å². The molecule has 0 bridgehead atoms. The van der Waals surface area contributed by atoms with Gasteiger partial charge in [-0.1, -0.05) is 70.5 Å². The highest BCUT2D eigenvalue weighted by molar-refractivity contribution is 9.10. The van der Waals surface area contributed by atoms with Crippen LogP contribution in [0, 0.1) is 0 Å². The van der Waals surface area contributed by atoms with Crippen molar-refractivity contribution in [2.75, 3.05) is 11.5 Å². The van der Waals surface area contributed by atoms with Gasteiger partial charge in [0.2, 0.25) is 5.91 Å². The Morgan fingerprint density at radius 3 is 2.45 bits per heavy atom. The fourth-order valence-electron chi connectivity index (χ4n) is 3.88. The van der Waals surface area contributed by atoms with Gasteiger partial charge in [-0.05, 0) is 48.2 Å². The predicted molar refractivity (Wildman–Crippen MR) is 130 cm³/mol. The molecule has 0 unspecified atom stereocenters. The third-order valence-corrected chi connectivity index (χ3v) is 6.17. The molecule has 6 nitrogen and oxygen atoms in total. The van der Waals surface area contributed by atoms with E-state index in [4.69, 9.17) is 4.74 Å². The topological polar surface area (TPSA) is 78.9 Å². The van der Waals surface area contributed by atoms with Crippen molar-refractivity contribution in [1.82, 2.24) is 5.32 Å². The number of benzene rings is 3. The molecule has 33 heavy (non-hydrogen) atoms. The molecular formula is C26H25BrN2O4. The largest absolute Gasteiger partial charge is 0.489 e. The average molecular weight is 509 g/mol. The Kier molecular flexibility index (Phi) is 7.42. The second kappa shape index (κ2) is 10.6. The molecule has 0 aliphatic carbocycles. The van der Waals surface area contributed by atoms with Crippen LogP contribution in [0.4, 0.5) is 5.69 Å². The maximum Gasteiger partial charge on any atom is 0.320 e. The molecule has 0 spiro atoms. The number of carbonyl (C=O) groups excluding carboxylic acids is 1. The van der Waals surface area contributed by atoms with E-state index in [0.717, 1.165) is 15.6 Å². The highest BCUT2D eigenvalue weighted by atomic mass is 79.9. The molecule has 170 valence electrons. The number of anilines is 1. The van der Waals surface area contributed by atoms with Gasteiger partial charge in [0.25, 0.3) is 0 Å². The Balaban J connectivity index is 1.54. The molecular weight excluding hydrogens is 484 g/mol. The van der Waals surface area contributed by atoms with Gasteiger partial charge in [-0.15, -0.1) is 0 Å². The third-order valence-electron chi connectivity index (χ3n) is 5.64. The number of para-hydroxylation sites is 2. The monoisotopic (exact) mass is 508 g/mol. The Morgan fingerprint density at radius 1 is 1.03 bits per heavy atom. The lowest BCUT2D eigenvalue weighted by Gasteiger charge is -2.26. The van der Waals surface area contributed by atoms with E-state index >= 15 is 0 Å². The van der Waals surface area contributed by atoms with E-state index in [1.165, 1.54) is 0 Å². The molecule has 0 aromatic heterocycles. The normalized spacial score (nSPS) is 16.5. The highest BCUT2D eigenvalue weighted by Gasteiger charge is 2.34. The Hall–Kier alpha value is -3.16. The summed E-state index contributed by atoms with van der Waals surface area (Å²) in [6.45, 7) is 0.411. The molecule has 2 atom stereocenters. The van der Waals surface area contributed by atoms with Gasteiger partial charge in [0.15, 0.2) is 0 Å². The van der Waals surface area contributed by atoms with Gasteiger partial charge >= 0.3 is 5.97 Å².